The lowest BCUT2D eigenvalue weighted by molar-refractivity contribution is -0.146. The second kappa shape index (κ2) is 5.88. The van der Waals surface area contributed by atoms with Crippen LogP contribution in [0.15, 0.2) is 0 Å². The maximum Gasteiger partial charge on any atom is 0.408 e. The lowest BCUT2D eigenvalue weighted by Crippen LogP contribution is -2.45. The number of carbonyl (C=O) groups is 2. The van der Waals surface area contributed by atoms with Crippen molar-refractivity contribution in [2.45, 2.75) is 51.4 Å². The highest BCUT2D eigenvalue weighted by atomic mass is 127. The predicted octanol–water partition coefficient (Wildman–Crippen LogP) is 2.02. The first-order chi connectivity index (χ1) is 7.81. The molecule has 0 aromatic carbocycles. The fourth-order valence-electron chi connectivity index (χ4n) is 1.04. The molecule has 0 heterocycles. The Morgan fingerprint density at radius 1 is 1.41 bits per heavy atom. The summed E-state index contributed by atoms with van der Waals surface area (Å²) in [6.07, 6.45) is 1.30. The molecule has 6 heteroatoms. The second-order valence-electron chi connectivity index (χ2n) is 4.99. The minimum absolute atomic E-state index is 0.0494. The molecule has 0 aromatic rings. The number of hydrogen-bond donors (Lipinski definition) is 1. The molecule has 0 saturated heterocycles. The van der Waals surface area contributed by atoms with Crippen LogP contribution < -0.4 is 5.32 Å². The van der Waals surface area contributed by atoms with Crippen LogP contribution in [-0.2, 0) is 14.3 Å². The van der Waals surface area contributed by atoms with E-state index in [1.807, 2.05) is 22.6 Å². The number of halogens is 1. The number of alkyl carbamates (subject to hydrolysis) is 1. The Labute approximate surface area is 115 Å². The van der Waals surface area contributed by atoms with Gasteiger partial charge >= 0.3 is 12.1 Å². The summed E-state index contributed by atoms with van der Waals surface area (Å²) in [6.45, 7) is 5.32. The molecule has 98 valence electrons. The summed E-state index contributed by atoms with van der Waals surface area (Å²) in [6, 6.07) is -0.633. The maximum atomic E-state index is 11.6. The molecule has 0 spiro atoms. The van der Waals surface area contributed by atoms with E-state index in [0.29, 0.717) is 4.43 Å². The Morgan fingerprint density at radius 3 is 2.41 bits per heavy atom. The molecular weight excluding hydrogens is 337 g/mol. The molecule has 17 heavy (non-hydrogen) atoms. The predicted molar refractivity (Wildman–Crippen MR) is 71.2 cm³/mol. The first-order valence-corrected chi connectivity index (χ1v) is 7.10. The summed E-state index contributed by atoms with van der Waals surface area (Å²) < 4.78 is 10.7. The highest BCUT2D eigenvalue weighted by molar-refractivity contribution is 14.1. The fourth-order valence-corrected chi connectivity index (χ4v) is 1.62. The standard InChI is InChI=1S/C11H18INO4/c1-11(2,3)17-10(15)13-8(6-12)9(14)16-7-4-5-7/h7-8H,4-6H2,1-3H3,(H,13,15)/t8-/m0/s1. The third-order valence-electron chi connectivity index (χ3n) is 1.94. The van der Waals surface area contributed by atoms with Crippen LogP contribution in [-0.4, -0.2) is 34.2 Å². The van der Waals surface area contributed by atoms with Crippen molar-refractivity contribution in [3.05, 3.63) is 0 Å². The normalized spacial score (nSPS) is 17.2. The van der Waals surface area contributed by atoms with Gasteiger partial charge in [-0.3, -0.25) is 0 Å². The summed E-state index contributed by atoms with van der Waals surface area (Å²) >= 11 is 2.03. The van der Waals surface area contributed by atoms with Gasteiger partial charge in [0.15, 0.2) is 0 Å². The van der Waals surface area contributed by atoms with Crippen molar-refractivity contribution in [1.29, 1.82) is 0 Å². The average molecular weight is 355 g/mol. The van der Waals surface area contributed by atoms with Crippen molar-refractivity contribution in [2.75, 3.05) is 4.43 Å². The van der Waals surface area contributed by atoms with Crippen molar-refractivity contribution in [3.63, 3.8) is 0 Å². The molecule has 0 aliphatic heterocycles. The van der Waals surface area contributed by atoms with E-state index in [9.17, 15) is 9.59 Å². The topological polar surface area (TPSA) is 64.6 Å². The SMILES string of the molecule is CC(C)(C)OC(=O)N[C@@H](CI)C(=O)OC1CC1. The number of nitrogens with one attached hydrogen (secondary N) is 1. The molecule has 1 saturated carbocycles. The van der Waals surface area contributed by atoms with Crippen LogP contribution in [0.4, 0.5) is 4.79 Å². The highest BCUT2D eigenvalue weighted by Crippen LogP contribution is 2.24. The zero-order chi connectivity index (χ0) is 13.1. The number of ether oxygens (including phenoxy) is 2. The molecule has 1 aliphatic carbocycles. The third-order valence-corrected chi connectivity index (χ3v) is 2.82. The number of alkyl halides is 1. The number of carbonyl (C=O) groups excluding carboxylic acids is 2. The van der Waals surface area contributed by atoms with Crippen molar-refractivity contribution < 1.29 is 19.1 Å². The number of amides is 1. The van der Waals surface area contributed by atoms with Gasteiger partial charge in [0.05, 0.1) is 0 Å². The van der Waals surface area contributed by atoms with Crippen LogP contribution in [0, 0.1) is 0 Å². The zero-order valence-corrected chi connectivity index (χ0v) is 12.4. The molecule has 0 bridgehead atoms. The first-order valence-electron chi connectivity index (χ1n) is 5.58. The Balaban J connectivity index is 2.39. The first kappa shape index (κ1) is 14.5. The van der Waals surface area contributed by atoms with Gasteiger partial charge in [-0.15, -0.1) is 0 Å². The van der Waals surface area contributed by atoms with Crippen LogP contribution in [0.3, 0.4) is 0 Å². The van der Waals surface area contributed by atoms with E-state index in [2.05, 4.69) is 5.32 Å². The van der Waals surface area contributed by atoms with E-state index in [1.165, 1.54) is 0 Å². The van der Waals surface area contributed by atoms with Gasteiger partial charge in [-0.1, -0.05) is 22.6 Å². The fraction of sp³-hybridized carbons (Fsp3) is 0.818. The molecular formula is C11H18INO4. The number of rotatable bonds is 4. The third kappa shape index (κ3) is 6.09. The number of hydrogen-bond acceptors (Lipinski definition) is 4. The summed E-state index contributed by atoms with van der Waals surface area (Å²) in [5.74, 6) is -0.382. The van der Waals surface area contributed by atoms with Gasteiger partial charge in [0.2, 0.25) is 0 Å². The minimum Gasteiger partial charge on any atom is -0.461 e. The van der Waals surface area contributed by atoms with Crippen molar-refractivity contribution >= 4 is 34.7 Å². The summed E-state index contributed by atoms with van der Waals surface area (Å²) in [7, 11) is 0. The van der Waals surface area contributed by atoms with Gasteiger partial charge in [-0.2, -0.15) is 0 Å². The van der Waals surface area contributed by atoms with Crippen molar-refractivity contribution in [1.82, 2.24) is 5.32 Å². The largest absolute Gasteiger partial charge is 0.461 e. The zero-order valence-electron chi connectivity index (χ0n) is 10.3. The molecule has 1 amide bonds. The van der Waals surface area contributed by atoms with Gasteiger partial charge in [-0.05, 0) is 33.6 Å². The summed E-state index contributed by atoms with van der Waals surface area (Å²) in [5, 5.41) is 2.51. The lowest BCUT2D eigenvalue weighted by Gasteiger charge is -2.22. The molecule has 1 N–H and O–H groups in total. The van der Waals surface area contributed by atoms with Gasteiger partial charge < -0.3 is 14.8 Å². The highest BCUT2D eigenvalue weighted by Gasteiger charge is 2.31. The Hall–Kier alpha value is -0.530. The molecule has 5 nitrogen and oxygen atoms in total. The Bertz CT molecular complexity index is 296. The van der Waals surface area contributed by atoms with E-state index in [-0.39, 0.29) is 12.1 Å². The molecule has 0 radical (unpaired) electrons. The summed E-state index contributed by atoms with van der Waals surface area (Å²) in [4.78, 5) is 23.1. The van der Waals surface area contributed by atoms with Crippen molar-refractivity contribution in [3.8, 4) is 0 Å². The molecule has 1 aliphatic rings. The smallest absolute Gasteiger partial charge is 0.408 e. The van der Waals surface area contributed by atoms with Crippen LogP contribution in [0.25, 0.3) is 0 Å². The molecule has 0 aromatic heterocycles. The van der Waals surface area contributed by atoms with Gasteiger partial charge in [0, 0.05) is 4.43 Å². The van der Waals surface area contributed by atoms with Gasteiger partial charge in [0.25, 0.3) is 0 Å². The number of esters is 1. The van der Waals surface area contributed by atoms with Crippen LogP contribution in [0.1, 0.15) is 33.6 Å². The van der Waals surface area contributed by atoms with E-state index < -0.39 is 17.7 Å². The molecule has 0 unspecified atom stereocenters. The van der Waals surface area contributed by atoms with E-state index >= 15 is 0 Å². The second-order valence-corrected chi connectivity index (χ2v) is 5.87. The van der Waals surface area contributed by atoms with Crippen LogP contribution >= 0.6 is 22.6 Å². The lowest BCUT2D eigenvalue weighted by atomic mass is 10.2. The van der Waals surface area contributed by atoms with Crippen LogP contribution in [0.2, 0.25) is 0 Å². The molecule has 1 fully saturated rings. The Morgan fingerprint density at radius 2 is 2.00 bits per heavy atom. The average Bonchev–Trinajstić information content (AvgIpc) is 2.94. The minimum atomic E-state index is -0.633. The van der Waals surface area contributed by atoms with Gasteiger partial charge in [0.1, 0.15) is 17.7 Å². The summed E-state index contributed by atoms with van der Waals surface area (Å²) in [5.41, 5.74) is -0.569. The van der Waals surface area contributed by atoms with E-state index in [4.69, 9.17) is 9.47 Å². The molecule has 1 atom stereocenters. The monoisotopic (exact) mass is 355 g/mol. The molecule has 1 rings (SSSR count). The van der Waals surface area contributed by atoms with E-state index in [1.54, 1.807) is 20.8 Å². The van der Waals surface area contributed by atoms with Crippen molar-refractivity contribution in [2.24, 2.45) is 0 Å². The van der Waals surface area contributed by atoms with Gasteiger partial charge in [-0.25, -0.2) is 9.59 Å². The van der Waals surface area contributed by atoms with Crippen LogP contribution in [0.5, 0.6) is 0 Å². The maximum absolute atomic E-state index is 11.6. The quantitative estimate of drug-likeness (QED) is 0.476. The van der Waals surface area contributed by atoms with E-state index in [0.717, 1.165) is 12.8 Å². The Kier molecular flexibility index (Phi) is 5.03.